The van der Waals surface area contributed by atoms with Crippen LogP contribution in [-0.2, 0) is 6.42 Å². The molecule has 1 aromatic rings. The Morgan fingerprint density at radius 1 is 1.55 bits per heavy atom. The van der Waals surface area contributed by atoms with Gasteiger partial charge in [0.1, 0.15) is 5.82 Å². The van der Waals surface area contributed by atoms with E-state index in [1.54, 1.807) is 13.1 Å². The minimum absolute atomic E-state index is 0.382. The molecule has 0 aliphatic carbocycles. The molecule has 1 rings (SSSR count). The van der Waals surface area contributed by atoms with Crippen LogP contribution < -0.4 is 5.73 Å². The van der Waals surface area contributed by atoms with Crippen LogP contribution in [0.2, 0.25) is 0 Å². The van der Waals surface area contributed by atoms with Crippen molar-refractivity contribution in [3.05, 3.63) is 18.1 Å². The predicted octanol–water partition coefficient (Wildman–Crippen LogP) is -0.0179. The van der Waals surface area contributed by atoms with E-state index in [1.807, 2.05) is 0 Å². The van der Waals surface area contributed by atoms with E-state index in [-0.39, 0.29) is 6.10 Å². The monoisotopic (exact) mass is 153 g/mol. The fourth-order valence-corrected chi connectivity index (χ4v) is 0.773. The first-order valence-electron chi connectivity index (χ1n) is 3.43. The van der Waals surface area contributed by atoms with Gasteiger partial charge in [-0.15, -0.1) is 0 Å². The second kappa shape index (κ2) is 3.30. The van der Waals surface area contributed by atoms with Gasteiger partial charge in [0.25, 0.3) is 0 Å². The smallest absolute Gasteiger partial charge is 0.141 e. The molecule has 0 fully saturated rings. The molecule has 0 unspecified atom stereocenters. The topological polar surface area (TPSA) is 72.0 Å². The Kier molecular flexibility index (Phi) is 2.38. The predicted molar refractivity (Wildman–Crippen MR) is 41.8 cm³/mol. The Bertz CT molecular complexity index is 220. The number of nitrogen functional groups attached to an aromatic ring is 1. The summed E-state index contributed by atoms with van der Waals surface area (Å²) >= 11 is 0. The molecule has 0 aliphatic rings. The number of anilines is 1. The summed E-state index contributed by atoms with van der Waals surface area (Å²) in [4.78, 5) is 7.81. The molecule has 1 heterocycles. The van der Waals surface area contributed by atoms with Gasteiger partial charge in [-0.3, -0.25) is 4.98 Å². The van der Waals surface area contributed by atoms with Crippen molar-refractivity contribution in [2.45, 2.75) is 19.4 Å². The number of hydrogen-bond acceptors (Lipinski definition) is 4. The SMILES string of the molecule is C[C@@H](O)Cc1cnc(N)cn1. The van der Waals surface area contributed by atoms with E-state index in [9.17, 15) is 0 Å². The van der Waals surface area contributed by atoms with Crippen LogP contribution in [0.15, 0.2) is 12.4 Å². The maximum absolute atomic E-state index is 8.98. The zero-order valence-electron chi connectivity index (χ0n) is 6.36. The number of nitrogens with zero attached hydrogens (tertiary/aromatic N) is 2. The van der Waals surface area contributed by atoms with Crippen molar-refractivity contribution < 1.29 is 5.11 Å². The average molecular weight is 153 g/mol. The van der Waals surface area contributed by atoms with Gasteiger partial charge in [-0.25, -0.2) is 4.98 Å². The Morgan fingerprint density at radius 3 is 2.73 bits per heavy atom. The molecule has 3 N–H and O–H groups in total. The normalized spacial score (nSPS) is 12.9. The summed E-state index contributed by atoms with van der Waals surface area (Å²) in [6.45, 7) is 1.71. The lowest BCUT2D eigenvalue weighted by molar-refractivity contribution is 0.194. The van der Waals surface area contributed by atoms with Crippen LogP contribution in [0.5, 0.6) is 0 Å². The van der Waals surface area contributed by atoms with Crippen LogP contribution in [0, 0.1) is 0 Å². The zero-order chi connectivity index (χ0) is 8.27. The van der Waals surface area contributed by atoms with E-state index in [4.69, 9.17) is 10.8 Å². The maximum Gasteiger partial charge on any atom is 0.141 e. The van der Waals surface area contributed by atoms with Crippen molar-refractivity contribution in [1.82, 2.24) is 9.97 Å². The highest BCUT2D eigenvalue weighted by atomic mass is 16.3. The summed E-state index contributed by atoms with van der Waals surface area (Å²) in [6.07, 6.45) is 3.19. The molecular formula is C7H11N3O. The molecule has 60 valence electrons. The van der Waals surface area contributed by atoms with Gasteiger partial charge in [-0.1, -0.05) is 0 Å². The van der Waals surface area contributed by atoms with Crippen LogP contribution >= 0.6 is 0 Å². The summed E-state index contributed by atoms with van der Waals surface area (Å²) in [6, 6.07) is 0. The summed E-state index contributed by atoms with van der Waals surface area (Å²) in [5, 5.41) is 8.98. The van der Waals surface area contributed by atoms with E-state index in [0.29, 0.717) is 12.2 Å². The molecule has 4 heteroatoms. The quantitative estimate of drug-likeness (QED) is 0.626. The number of nitrogens with two attached hydrogens (primary N) is 1. The van der Waals surface area contributed by atoms with Gasteiger partial charge in [0, 0.05) is 6.42 Å². The summed E-state index contributed by atoms with van der Waals surface area (Å²) < 4.78 is 0. The van der Waals surface area contributed by atoms with Gasteiger partial charge in [0.05, 0.1) is 24.2 Å². The number of aliphatic hydroxyl groups is 1. The van der Waals surface area contributed by atoms with Crippen molar-refractivity contribution in [2.75, 3.05) is 5.73 Å². The first kappa shape index (κ1) is 7.94. The molecule has 0 saturated carbocycles. The molecule has 11 heavy (non-hydrogen) atoms. The third-order valence-electron chi connectivity index (χ3n) is 1.23. The van der Waals surface area contributed by atoms with E-state index < -0.39 is 0 Å². The Hall–Kier alpha value is -1.16. The van der Waals surface area contributed by atoms with Crippen molar-refractivity contribution >= 4 is 5.82 Å². The molecule has 0 aliphatic heterocycles. The molecule has 0 spiro atoms. The highest BCUT2D eigenvalue weighted by Crippen LogP contribution is 1.99. The van der Waals surface area contributed by atoms with E-state index in [1.165, 1.54) is 6.20 Å². The Morgan fingerprint density at radius 2 is 2.27 bits per heavy atom. The van der Waals surface area contributed by atoms with Crippen LogP contribution in [-0.4, -0.2) is 21.2 Å². The molecule has 4 nitrogen and oxygen atoms in total. The maximum atomic E-state index is 8.98. The van der Waals surface area contributed by atoms with Gasteiger partial charge in [-0.05, 0) is 6.92 Å². The Labute approximate surface area is 65.1 Å². The highest BCUT2D eigenvalue weighted by molar-refractivity contribution is 5.22. The highest BCUT2D eigenvalue weighted by Gasteiger charge is 1.99. The molecule has 0 bridgehead atoms. The third-order valence-corrected chi connectivity index (χ3v) is 1.23. The first-order chi connectivity index (χ1) is 5.18. The average Bonchev–Trinajstić information content (AvgIpc) is 1.93. The minimum atomic E-state index is -0.382. The van der Waals surface area contributed by atoms with E-state index >= 15 is 0 Å². The summed E-state index contributed by atoms with van der Waals surface area (Å²) in [7, 11) is 0. The van der Waals surface area contributed by atoms with Gasteiger partial charge >= 0.3 is 0 Å². The standard InChI is InChI=1S/C7H11N3O/c1-5(11)2-6-3-10-7(8)4-9-6/h3-5,11H,2H2,1H3,(H2,8,10)/t5-/m1/s1. The number of aromatic nitrogens is 2. The van der Waals surface area contributed by atoms with Gasteiger partial charge in [0.2, 0.25) is 0 Å². The lowest BCUT2D eigenvalue weighted by Gasteiger charge is -2.01. The lowest BCUT2D eigenvalue weighted by Crippen LogP contribution is -2.06. The van der Waals surface area contributed by atoms with Crippen molar-refractivity contribution in [3.63, 3.8) is 0 Å². The lowest BCUT2D eigenvalue weighted by atomic mass is 10.2. The van der Waals surface area contributed by atoms with Crippen LogP contribution in [0.25, 0.3) is 0 Å². The molecule has 0 amide bonds. The van der Waals surface area contributed by atoms with Crippen molar-refractivity contribution in [1.29, 1.82) is 0 Å². The molecular weight excluding hydrogens is 142 g/mol. The fraction of sp³-hybridized carbons (Fsp3) is 0.429. The number of hydrogen-bond donors (Lipinski definition) is 2. The molecule has 0 radical (unpaired) electrons. The number of rotatable bonds is 2. The summed E-state index contributed by atoms with van der Waals surface area (Å²) in [5.41, 5.74) is 6.08. The third kappa shape index (κ3) is 2.51. The molecule has 0 aromatic carbocycles. The van der Waals surface area contributed by atoms with E-state index in [2.05, 4.69) is 9.97 Å². The molecule has 1 atom stereocenters. The Balaban J connectivity index is 2.66. The second-order valence-electron chi connectivity index (χ2n) is 2.49. The molecule has 0 saturated heterocycles. The van der Waals surface area contributed by atoms with Gasteiger partial charge < -0.3 is 10.8 Å². The van der Waals surface area contributed by atoms with Crippen molar-refractivity contribution in [2.24, 2.45) is 0 Å². The summed E-state index contributed by atoms with van der Waals surface area (Å²) in [5.74, 6) is 0.402. The van der Waals surface area contributed by atoms with Crippen LogP contribution in [0.1, 0.15) is 12.6 Å². The van der Waals surface area contributed by atoms with Gasteiger partial charge in [-0.2, -0.15) is 0 Å². The second-order valence-corrected chi connectivity index (χ2v) is 2.49. The first-order valence-corrected chi connectivity index (χ1v) is 3.43. The van der Waals surface area contributed by atoms with Crippen LogP contribution in [0.4, 0.5) is 5.82 Å². The number of aliphatic hydroxyl groups excluding tert-OH is 1. The largest absolute Gasteiger partial charge is 0.393 e. The van der Waals surface area contributed by atoms with Crippen molar-refractivity contribution in [3.8, 4) is 0 Å². The van der Waals surface area contributed by atoms with Crippen LogP contribution in [0.3, 0.4) is 0 Å². The zero-order valence-corrected chi connectivity index (χ0v) is 6.36. The van der Waals surface area contributed by atoms with E-state index in [0.717, 1.165) is 5.69 Å². The van der Waals surface area contributed by atoms with Gasteiger partial charge in [0.15, 0.2) is 0 Å². The fourth-order valence-electron chi connectivity index (χ4n) is 0.773. The molecule has 1 aromatic heterocycles. The minimum Gasteiger partial charge on any atom is -0.393 e.